The summed E-state index contributed by atoms with van der Waals surface area (Å²) >= 11 is 0. The summed E-state index contributed by atoms with van der Waals surface area (Å²) in [6.07, 6.45) is 3.24. The van der Waals surface area contributed by atoms with E-state index >= 15 is 0 Å². The predicted molar refractivity (Wildman–Crippen MR) is 35.3 cm³/mol. The van der Waals surface area contributed by atoms with Gasteiger partial charge in [0.2, 0.25) is 10.0 Å². The molecule has 0 aromatic rings. The quantitative estimate of drug-likeness (QED) is 0.604. The Labute approximate surface area is 55.3 Å². The monoisotopic (exact) mass is 149 g/mol. The van der Waals surface area contributed by atoms with E-state index in [1.807, 2.05) is 0 Å². The van der Waals surface area contributed by atoms with Gasteiger partial charge in [0.25, 0.3) is 0 Å². The fourth-order valence-corrected chi connectivity index (χ4v) is 1.98. The highest BCUT2D eigenvalue weighted by molar-refractivity contribution is 7.89. The van der Waals surface area contributed by atoms with Crippen LogP contribution in [0.5, 0.6) is 0 Å². The van der Waals surface area contributed by atoms with Gasteiger partial charge in [-0.25, -0.2) is 13.6 Å². The summed E-state index contributed by atoms with van der Waals surface area (Å²) < 4.78 is 20.8. The van der Waals surface area contributed by atoms with E-state index in [2.05, 4.69) is 0 Å². The first-order chi connectivity index (χ1) is 4.08. The Kier molecular flexibility index (Phi) is 1.77. The first-order valence-electron chi connectivity index (χ1n) is 3.08. The number of hydrogen-bond acceptors (Lipinski definition) is 2. The Morgan fingerprint density at radius 2 is 2.00 bits per heavy atom. The zero-order valence-corrected chi connectivity index (χ0v) is 6.02. The van der Waals surface area contributed by atoms with Crippen LogP contribution in [0.15, 0.2) is 0 Å². The minimum atomic E-state index is -3.18. The van der Waals surface area contributed by atoms with E-state index < -0.39 is 10.0 Å². The van der Waals surface area contributed by atoms with Crippen LogP contribution in [0.3, 0.4) is 0 Å². The number of nitrogens with two attached hydrogens (primary N) is 1. The largest absolute Gasteiger partial charge is 0.229 e. The van der Waals surface area contributed by atoms with Crippen LogP contribution in [-0.4, -0.2) is 14.2 Å². The molecule has 4 heteroatoms. The molecule has 54 valence electrons. The second-order valence-corrected chi connectivity index (χ2v) is 4.29. The van der Waals surface area contributed by atoms with Crippen molar-refractivity contribution in [2.75, 3.05) is 5.75 Å². The molecule has 1 rings (SSSR count). The lowest BCUT2D eigenvalue weighted by atomic mass is 9.87. The summed E-state index contributed by atoms with van der Waals surface area (Å²) in [5, 5.41) is 4.82. The first-order valence-corrected chi connectivity index (χ1v) is 4.80. The maximum atomic E-state index is 10.4. The molecule has 0 radical (unpaired) electrons. The molecule has 0 saturated heterocycles. The molecule has 1 aliphatic rings. The van der Waals surface area contributed by atoms with Gasteiger partial charge in [-0.05, 0) is 18.8 Å². The average molecular weight is 149 g/mol. The third kappa shape index (κ3) is 2.32. The summed E-state index contributed by atoms with van der Waals surface area (Å²) in [7, 11) is -3.18. The molecule has 0 aliphatic heterocycles. The minimum Gasteiger partial charge on any atom is -0.229 e. The standard InChI is InChI=1S/C5H11NO2S/c6-9(7,8)4-5-2-1-3-5/h5H,1-4H2,(H2,6,7,8). The highest BCUT2D eigenvalue weighted by atomic mass is 32.2. The number of rotatable bonds is 2. The van der Waals surface area contributed by atoms with Gasteiger partial charge in [-0.2, -0.15) is 0 Å². The molecular formula is C5H11NO2S. The maximum Gasteiger partial charge on any atom is 0.209 e. The van der Waals surface area contributed by atoms with Crippen molar-refractivity contribution in [3.63, 3.8) is 0 Å². The molecule has 0 aromatic carbocycles. The lowest BCUT2D eigenvalue weighted by molar-refractivity contribution is 0.347. The molecule has 2 N–H and O–H groups in total. The SMILES string of the molecule is NS(=O)(=O)CC1CCC1. The fraction of sp³-hybridized carbons (Fsp3) is 1.00. The van der Waals surface area contributed by atoms with Crippen LogP contribution in [0, 0.1) is 5.92 Å². The van der Waals surface area contributed by atoms with E-state index in [1.54, 1.807) is 0 Å². The van der Waals surface area contributed by atoms with Crippen molar-refractivity contribution >= 4 is 10.0 Å². The van der Waals surface area contributed by atoms with E-state index in [4.69, 9.17) is 5.14 Å². The van der Waals surface area contributed by atoms with E-state index in [-0.39, 0.29) is 5.75 Å². The molecule has 9 heavy (non-hydrogen) atoms. The molecule has 1 saturated carbocycles. The smallest absolute Gasteiger partial charge is 0.209 e. The minimum absolute atomic E-state index is 0.188. The van der Waals surface area contributed by atoms with Gasteiger partial charge in [-0.15, -0.1) is 0 Å². The lowest BCUT2D eigenvalue weighted by Crippen LogP contribution is -2.26. The first kappa shape index (κ1) is 7.02. The lowest BCUT2D eigenvalue weighted by Gasteiger charge is -2.23. The summed E-state index contributed by atoms with van der Waals surface area (Å²) in [5.41, 5.74) is 0. The molecule has 0 bridgehead atoms. The summed E-state index contributed by atoms with van der Waals surface area (Å²) in [5.74, 6) is 0.549. The van der Waals surface area contributed by atoms with E-state index in [0.29, 0.717) is 5.92 Å². The fourth-order valence-electron chi connectivity index (χ4n) is 0.988. The van der Waals surface area contributed by atoms with Crippen LogP contribution in [0.2, 0.25) is 0 Å². The molecule has 0 amide bonds. The van der Waals surface area contributed by atoms with E-state index in [0.717, 1.165) is 12.8 Å². The Morgan fingerprint density at radius 3 is 2.11 bits per heavy atom. The number of hydrogen-bond donors (Lipinski definition) is 1. The van der Waals surface area contributed by atoms with Gasteiger partial charge in [0, 0.05) is 0 Å². The Morgan fingerprint density at radius 1 is 1.44 bits per heavy atom. The van der Waals surface area contributed by atoms with Crippen LogP contribution in [0.1, 0.15) is 19.3 Å². The predicted octanol–water partition coefficient (Wildman–Crippen LogP) is 0.0750. The van der Waals surface area contributed by atoms with E-state index in [1.165, 1.54) is 6.42 Å². The van der Waals surface area contributed by atoms with Crippen molar-refractivity contribution in [3.05, 3.63) is 0 Å². The van der Waals surface area contributed by atoms with Gasteiger partial charge in [-0.3, -0.25) is 0 Å². The number of primary sulfonamides is 1. The van der Waals surface area contributed by atoms with Gasteiger partial charge >= 0.3 is 0 Å². The van der Waals surface area contributed by atoms with Gasteiger partial charge in [0.1, 0.15) is 0 Å². The van der Waals surface area contributed by atoms with Crippen LogP contribution in [0.4, 0.5) is 0 Å². The Hall–Kier alpha value is -0.0900. The molecule has 0 aromatic heterocycles. The molecule has 1 aliphatic carbocycles. The van der Waals surface area contributed by atoms with Crippen molar-refractivity contribution in [1.82, 2.24) is 0 Å². The van der Waals surface area contributed by atoms with Crippen molar-refractivity contribution in [2.24, 2.45) is 11.1 Å². The highest BCUT2D eigenvalue weighted by Crippen LogP contribution is 2.26. The second kappa shape index (κ2) is 2.27. The Balaban J connectivity index is 2.33. The van der Waals surface area contributed by atoms with Gasteiger partial charge in [-0.1, -0.05) is 6.42 Å². The van der Waals surface area contributed by atoms with Gasteiger partial charge in [0.05, 0.1) is 5.75 Å². The molecule has 0 heterocycles. The third-order valence-corrected chi connectivity index (χ3v) is 2.63. The second-order valence-electron chi connectivity index (χ2n) is 2.63. The summed E-state index contributed by atoms with van der Waals surface area (Å²) in [4.78, 5) is 0. The summed E-state index contributed by atoms with van der Waals surface area (Å²) in [6.45, 7) is 0. The molecular weight excluding hydrogens is 138 g/mol. The van der Waals surface area contributed by atoms with Crippen molar-refractivity contribution in [3.8, 4) is 0 Å². The zero-order chi connectivity index (χ0) is 6.91. The van der Waals surface area contributed by atoms with Crippen molar-refractivity contribution in [1.29, 1.82) is 0 Å². The average Bonchev–Trinajstić information content (AvgIpc) is 1.53. The van der Waals surface area contributed by atoms with Crippen LogP contribution < -0.4 is 5.14 Å². The van der Waals surface area contributed by atoms with Crippen molar-refractivity contribution < 1.29 is 8.42 Å². The Bertz CT molecular complexity index is 181. The van der Waals surface area contributed by atoms with Crippen LogP contribution in [-0.2, 0) is 10.0 Å². The van der Waals surface area contributed by atoms with Crippen molar-refractivity contribution in [2.45, 2.75) is 19.3 Å². The summed E-state index contributed by atoms with van der Waals surface area (Å²) in [6, 6.07) is 0. The molecule has 0 spiro atoms. The molecule has 0 atom stereocenters. The molecule has 3 nitrogen and oxygen atoms in total. The molecule has 1 fully saturated rings. The third-order valence-electron chi connectivity index (χ3n) is 1.69. The van der Waals surface area contributed by atoms with Gasteiger partial charge in [0.15, 0.2) is 0 Å². The van der Waals surface area contributed by atoms with E-state index in [9.17, 15) is 8.42 Å². The maximum absolute atomic E-state index is 10.4. The number of sulfonamides is 1. The normalized spacial score (nSPS) is 21.4. The topological polar surface area (TPSA) is 60.2 Å². The highest BCUT2D eigenvalue weighted by Gasteiger charge is 2.21. The zero-order valence-electron chi connectivity index (χ0n) is 5.21. The van der Waals surface area contributed by atoms with Crippen LogP contribution >= 0.6 is 0 Å². The molecule has 0 unspecified atom stereocenters. The van der Waals surface area contributed by atoms with Crippen LogP contribution in [0.25, 0.3) is 0 Å². The van der Waals surface area contributed by atoms with Gasteiger partial charge < -0.3 is 0 Å².